The van der Waals surface area contributed by atoms with Crippen molar-refractivity contribution in [3.63, 3.8) is 0 Å². The summed E-state index contributed by atoms with van der Waals surface area (Å²) in [6.45, 7) is 0.193. The van der Waals surface area contributed by atoms with Crippen molar-refractivity contribution in [3.8, 4) is 5.69 Å². The number of hydrogen-bond acceptors (Lipinski definition) is 5. The monoisotopic (exact) mass is 437 g/mol. The molecule has 0 bridgehead atoms. The van der Waals surface area contributed by atoms with Crippen LogP contribution < -0.4 is 11.2 Å². The fraction of sp³-hybridized carbons (Fsp3) is 0.190. The van der Waals surface area contributed by atoms with E-state index in [1.54, 1.807) is 41.0 Å². The smallest absolute Gasteiger partial charge is 0.320 e. The second-order valence-electron chi connectivity index (χ2n) is 7.45. The number of para-hydroxylation sites is 1. The molecule has 0 N–H and O–H groups in total. The van der Waals surface area contributed by atoms with Crippen LogP contribution >= 0.6 is 11.6 Å². The second kappa shape index (κ2) is 7.21. The Kier molecular flexibility index (Phi) is 4.48. The van der Waals surface area contributed by atoms with E-state index in [1.807, 2.05) is 0 Å². The van der Waals surface area contributed by atoms with E-state index in [-0.39, 0.29) is 29.4 Å². The number of nitro benzene ring substituents is 1. The summed E-state index contributed by atoms with van der Waals surface area (Å²) in [5.41, 5.74) is 0.589. The van der Waals surface area contributed by atoms with Gasteiger partial charge in [0.1, 0.15) is 0 Å². The molecule has 1 saturated carbocycles. The first kappa shape index (κ1) is 19.3. The lowest BCUT2D eigenvalue weighted by atomic mass is 10.2. The van der Waals surface area contributed by atoms with Crippen LogP contribution in [0.3, 0.4) is 0 Å². The minimum Gasteiger partial charge on any atom is -0.320 e. The van der Waals surface area contributed by atoms with E-state index in [4.69, 9.17) is 11.6 Å². The zero-order valence-electron chi connectivity index (χ0n) is 16.1. The van der Waals surface area contributed by atoms with Gasteiger partial charge >= 0.3 is 5.69 Å². The highest BCUT2D eigenvalue weighted by atomic mass is 35.5. The molecular weight excluding hydrogens is 422 g/mol. The predicted molar refractivity (Wildman–Crippen MR) is 115 cm³/mol. The molecule has 9 nitrogen and oxygen atoms in total. The van der Waals surface area contributed by atoms with Crippen LogP contribution in [-0.4, -0.2) is 23.6 Å². The number of non-ortho nitro benzene ring substituents is 1. The van der Waals surface area contributed by atoms with Crippen molar-refractivity contribution in [1.82, 2.24) is 18.7 Å². The van der Waals surface area contributed by atoms with E-state index < -0.39 is 16.2 Å². The zero-order valence-corrected chi connectivity index (χ0v) is 16.9. The topological polar surface area (TPSA) is 105 Å². The third kappa shape index (κ3) is 3.23. The molecular formula is C21H16ClN5O4. The van der Waals surface area contributed by atoms with Gasteiger partial charge in [-0.25, -0.2) is 14.3 Å². The van der Waals surface area contributed by atoms with Crippen LogP contribution in [0.4, 0.5) is 5.69 Å². The molecule has 0 atom stereocenters. The molecule has 10 heteroatoms. The number of imidazole rings is 1. The summed E-state index contributed by atoms with van der Waals surface area (Å²) in [6, 6.07) is 12.9. The second-order valence-corrected chi connectivity index (χ2v) is 7.85. The van der Waals surface area contributed by atoms with Crippen LogP contribution in [0.1, 0.15) is 24.4 Å². The number of benzene rings is 2. The highest BCUT2D eigenvalue weighted by Gasteiger charge is 2.31. The minimum absolute atomic E-state index is 0.0368. The molecule has 0 unspecified atom stereocenters. The predicted octanol–water partition coefficient (Wildman–Crippen LogP) is 3.29. The van der Waals surface area contributed by atoms with Crippen molar-refractivity contribution >= 4 is 28.5 Å². The molecule has 2 heterocycles. The first-order chi connectivity index (χ1) is 15.0. The van der Waals surface area contributed by atoms with Crippen LogP contribution in [0.5, 0.6) is 0 Å². The third-order valence-corrected chi connectivity index (χ3v) is 5.65. The normalized spacial score (nSPS) is 13.6. The van der Waals surface area contributed by atoms with E-state index in [0.717, 1.165) is 12.8 Å². The van der Waals surface area contributed by atoms with Gasteiger partial charge in [0.25, 0.3) is 11.2 Å². The Labute approximate surface area is 179 Å². The lowest BCUT2D eigenvalue weighted by Crippen LogP contribution is -2.39. The minimum atomic E-state index is -0.478. The molecule has 2 aromatic carbocycles. The van der Waals surface area contributed by atoms with Crippen LogP contribution in [-0.2, 0) is 6.54 Å². The highest BCUT2D eigenvalue weighted by Crippen LogP contribution is 2.33. The molecule has 5 rings (SSSR count). The van der Waals surface area contributed by atoms with E-state index in [1.165, 1.54) is 27.6 Å². The summed E-state index contributed by atoms with van der Waals surface area (Å²) in [5.74, 6) is 0. The molecule has 0 aliphatic heterocycles. The largest absolute Gasteiger partial charge is 0.337 e. The lowest BCUT2D eigenvalue weighted by molar-refractivity contribution is -0.384. The Morgan fingerprint density at radius 1 is 1.13 bits per heavy atom. The third-order valence-electron chi connectivity index (χ3n) is 5.33. The summed E-state index contributed by atoms with van der Waals surface area (Å²) in [7, 11) is 0. The van der Waals surface area contributed by atoms with Gasteiger partial charge in [-0.05, 0) is 30.5 Å². The average molecular weight is 438 g/mol. The fourth-order valence-electron chi connectivity index (χ4n) is 3.74. The van der Waals surface area contributed by atoms with Crippen molar-refractivity contribution in [2.45, 2.75) is 25.4 Å². The van der Waals surface area contributed by atoms with Gasteiger partial charge in [-0.1, -0.05) is 35.9 Å². The number of nitro groups is 1. The van der Waals surface area contributed by atoms with Crippen molar-refractivity contribution in [1.29, 1.82) is 0 Å². The van der Waals surface area contributed by atoms with Gasteiger partial charge in [0, 0.05) is 24.7 Å². The number of hydrogen-bond donors (Lipinski definition) is 0. The Balaban J connectivity index is 1.75. The summed E-state index contributed by atoms with van der Waals surface area (Å²) < 4.78 is 4.24. The maximum absolute atomic E-state index is 13.3. The summed E-state index contributed by atoms with van der Waals surface area (Å²) in [6.07, 6.45) is 2.97. The average Bonchev–Trinajstić information content (AvgIpc) is 3.49. The quantitative estimate of drug-likeness (QED) is 0.352. The van der Waals surface area contributed by atoms with Gasteiger partial charge in [-0.3, -0.25) is 19.5 Å². The number of aromatic nitrogens is 4. The fourth-order valence-corrected chi connectivity index (χ4v) is 3.96. The first-order valence-corrected chi connectivity index (χ1v) is 10.0. The Hall–Kier alpha value is -3.72. The Morgan fingerprint density at radius 2 is 1.90 bits per heavy atom. The number of fused-ring (bicyclic) bond motifs is 1. The zero-order chi connectivity index (χ0) is 21.7. The number of nitrogens with zero attached hydrogens (tertiary/aromatic N) is 5. The van der Waals surface area contributed by atoms with Gasteiger partial charge in [-0.2, -0.15) is 0 Å². The van der Waals surface area contributed by atoms with Crippen molar-refractivity contribution in [2.24, 2.45) is 0 Å². The molecule has 1 aliphatic carbocycles. The molecule has 4 aromatic rings. The molecule has 2 aromatic heterocycles. The van der Waals surface area contributed by atoms with Crippen LogP contribution in [0, 0.1) is 10.1 Å². The Morgan fingerprint density at radius 3 is 2.61 bits per heavy atom. The van der Waals surface area contributed by atoms with E-state index >= 15 is 0 Å². The SMILES string of the molecule is O=c1c2c(ncn2Cc2cccc([N+](=O)[O-])c2)n(-c2ccccc2Cl)c(=O)n1C1CC1. The van der Waals surface area contributed by atoms with Gasteiger partial charge in [0.05, 0.1) is 22.0 Å². The van der Waals surface area contributed by atoms with Gasteiger partial charge < -0.3 is 4.57 Å². The molecule has 31 heavy (non-hydrogen) atoms. The van der Waals surface area contributed by atoms with Crippen LogP contribution in [0.25, 0.3) is 16.9 Å². The van der Waals surface area contributed by atoms with E-state index in [2.05, 4.69) is 4.98 Å². The highest BCUT2D eigenvalue weighted by molar-refractivity contribution is 6.32. The van der Waals surface area contributed by atoms with Gasteiger partial charge in [0.15, 0.2) is 11.2 Å². The van der Waals surface area contributed by atoms with Crippen LogP contribution in [0.2, 0.25) is 5.02 Å². The molecule has 1 fully saturated rings. The molecule has 156 valence electrons. The maximum Gasteiger partial charge on any atom is 0.337 e. The number of rotatable bonds is 5. The number of halogens is 1. The molecule has 0 amide bonds. The standard InChI is InChI=1S/C21H16ClN5O4/c22-16-6-1-2-7-17(16)26-19-18(20(28)25(21(26)29)14-8-9-14)24(12-23-19)11-13-4-3-5-15(10-13)27(30)31/h1-7,10,12,14H,8-9,11H2. The van der Waals surface area contributed by atoms with Gasteiger partial charge in [-0.15, -0.1) is 0 Å². The first-order valence-electron chi connectivity index (χ1n) is 9.66. The summed E-state index contributed by atoms with van der Waals surface area (Å²) in [4.78, 5) is 41.5. The van der Waals surface area contributed by atoms with E-state index in [9.17, 15) is 19.7 Å². The maximum atomic E-state index is 13.3. The van der Waals surface area contributed by atoms with Crippen molar-refractivity contribution in [3.05, 3.63) is 96.4 Å². The summed E-state index contributed by atoms with van der Waals surface area (Å²) in [5, 5.41) is 11.5. The summed E-state index contributed by atoms with van der Waals surface area (Å²) >= 11 is 6.36. The molecule has 1 aliphatic rings. The Bertz CT molecular complexity index is 1460. The molecule has 0 radical (unpaired) electrons. The van der Waals surface area contributed by atoms with Crippen LogP contribution in [0.15, 0.2) is 64.4 Å². The molecule has 0 spiro atoms. The van der Waals surface area contributed by atoms with Crippen molar-refractivity contribution < 1.29 is 4.92 Å². The van der Waals surface area contributed by atoms with Gasteiger partial charge in [0.2, 0.25) is 0 Å². The lowest BCUT2D eigenvalue weighted by Gasteiger charge is -2.13. The van der Waals surface area contributed by atoms with E-state index in [0.29, 0.717) is 16.3 Å². The van der Waals surface area contributed by atoms with Crippen molar-refractivity contribution in [2.75, 3.05) is 0 Å². The molecule has 0 saturated heterocycles.